The molecule has 1 aromatic rings. The Kier molecular flexibility index (Phi) is 27.9. The number of carbonyl (C=O) groups is 6. The van der Waals surface area contributed by atoms with Crippen LogP contribution in [-0.4, -0.2) is 105 Å². The second-order valence-corrected chi connectivity index (χ2v) is 15.5. The molecule has 0 spiro atoms. The molecule has 0 saturated heterocycles. The number of nitrogens with zero attached hydrogens (tertiary/aromatic N) is 1. The molecule has 0 saturated carbocycles. The van der Waals surface area contributed by atoms with Crippen LogP contribution in [0.2, 0.25) is 0 Å². The highest BCUT2D eigenvalue weighted by atomic mass is 16.3. The fourth-order valence-electron chi connectivity index (χ4n) is 6.42. The largest absolute Gasteiger partial charge is 0.394 e. The van der Waals surface area contributed by atoms with Crippen LogP contribution in [-0.2, 0) is 35.2 Å². The van der Waals surface area contributed by atoms with Gasteiger partial charge in [-0.1, -0.05) is 97.8 Å². The summed E-state index contributed by atoms with van der Waals surface area (Å²) in [7, 11) is 0. The van der Waals surface area contributed by atoms with Gasteiger partial charge in [0.15, 0.2) is 5.78 Å². The first kappa shape index (κ1) is 51.1. The van der Waals surface area contributed by atoms with Crippen molar-refractivity contribution in [1.29, 1.82) is 0 Å². The molecule has 16 heteroatoms. The number of ketones is 1. The van der Waals surface area contributed by atoms with E-state index in [2.05, 4.69) is 43.5 Å². The minimum Gasteiger partial charge on any atom is -0.394 e. The number of H-pyrrole nitrogens is 1. The van der Waals surface area contributed by atoms with E-state index in [0.29, 0.717) is 37.9 Å². The molecule has 0 aliphatic heterocycles. The molecule has 0 unspecified atom stereocenters. The van der Waals surface area contributed by atoms with Crippen LogP contribution in [0.25, 0.3) is 0 Å². The van der Waals surface area contributed by atoms with E-state index in [0.717, 1.165) is 19.3 Å². The molecule has 1 aromatic heterocycles. The van der Waals surface area contributed by atoms with Gasteiger partial charge in [-0.05, 0) is 51.5 Å². The molecule has 0 bridgehead atoms. The fraction of sp³-hybridized carbons (Fsp3) is 0.780. The molecule has 0 aliphatic rings. The van der Waals surface area contributed by atoms with Crippen LogP contribution in [0, 0.1) is 5.92 Å². The highest BCUT2D eigenvalue weighted by Crippen LogP contribution is 2.14. The average Bonchev–Trinajstić information content (AvgIpc) is 3.69. The lowest BCUT2D eigenvalue weighted by atomic mass is 10.0. The van der Waals surface area contributed by atoms with Crippen molar-refractivity contribution >= 4 is 35.3 Å². The van der Waals surface area contributed by atoms with Crippen molar-refractivity contribution in [2.45, 2.75) is 180 Å². The molecular formula is C41H74N8O8. The Morgan fingerprint density at radius 2 is 1.14 bits per heavy atom. The number of imidazole rings is 1. The van der Waals surface area contributed by atoms with E-state index in [9.17, 15) is 39.0 Å². The zero-order chi connectivity index (χ0) is 42.4. The molecule has 1 rings (SSSR count). The number of unbranched alkanes of at least 4 members (excludes halogenated alkanes) is 13. The Labute approximate surface area is 339 Å². The van der Waals surface area contributed by atoms with Crippen molar-refractivity contribution in [2.75, 3.05) is 19.8 Å². The average molecular weight is 807 g/mol. The maximum atomic E-state index is 13.6. The van der Waals surface area contributed by atoms with Crippen LogP contribution in [0.3, 0.4) is 0 Å². The van der Waals surface area contributed by atoms with Crippen LogP contribution in [0.5, 0.6) is 0 Å². The molecular weight excluding hydrogens is 732 g/mol. The van der Waals surface area contributed by atoms with E-state index in [4.69, 9.17) is 5.73 Å². The van der Waals surface area contributed by atoms with Crippen LogP contribution in [0.1, 0.15) is 149 Å². The minimum atomic E-state index is -1.51. The molecule has 10 N–H and O–H groups in total. The van der Waals surface area contributed by atoms with Crippen molar-refractivity contribution in [3.05, 3.63) is 18.2 Å². The van der Waals surface area contributed by atoms with Crippen molar-refractivity contribution in [1.82, 2.24) is 36.6 Å². The number of carbonyl (C=O) groups excluding carboxylic acids is 6. The van der Waals surface area contributed by atoms with Crippen LogP contribution >= 0.6 is 0 Å². The van der Waals surface area contributed by atoms with Gasteiger partial charge >= 0.3 is 0 Å². The van der Waals surface area contributed by atoms with E-state index in [1.54, 1.807) is 0 Å². The Bertz CT molecular complexity index is 1300. The van der Waals surface area contributed by atoms with Gasteiger partial charge in [-0.15, -0.1) is 0 Å². The zero-order valence-corrected chi connectivity index (χ0v) is 35.0. The predicted molar refractivity (Wildman–Crippen MR) is 219 cm³/mol. The van der Waals surface area contributed by atoms with Gasteiger partial charge in [-0.3, -0.25) is 28.8 Å². The number of nitrogens with one attached hydrogen (secondary N) is 6. The van der Waals surface area contributed by atoms with Gasteiger partial charge < -0.3 is 47.5 Å². The molecule has 5 atom stereocenters. The number of aliphatic hydroxyl groups is 2. The Balaban J connectivity index is 2.83. The highest BCUT2D eigenvalue weighted by Gasteiger charge is 2.32. The van der Waals surface area contributed by atoms with E-state index in [-0.39, 0.29) is 31.1 Å². The molecule has 0 fully saturated rings. The normalized spacial score (nSPS) is 13.9. The zero-order valence-electron chi connectivity index (χ0n) is 35.0. The van der Waals surface area contributed by atoms with Crippen molar-refractivity contribution in [3.8, 4) is 0 Å². The summed E-state index contributed by atoms with van der Waals surface area (Å²) in [6.45, 7) is 6.09. The summed E-state index contributed by atoms with van der Waals surface area (Å²) in [5.74, 6) is -3.76. The quantitative estimate of drug-likeness (QED) is 0.0460. The molecule has 5 amide bonds. The van der Waals surface area contributed by atoms with Gasteiger partial charge in [0, 0.05) is 24.7 Å². The summed E-state index contributed by atoms with van der Waals surface area (Å²) in [5, 5.41) is 32.7. The standard InChI is InChI=1S/C41H74N8O8/c1-5-6-7-8-9-10-11-12-13-14-15-16-17-21-37(53)45-32(20-18-19-22-42)38(54)46-33(23-29(2)3)39(55)49-36(27-51)41(57)47-34(24-31-25-43-28-44-31)40(56)48-35(26-50)30(4)52/h25,28-29,32-36,50-51H,5-24,26-27,42H2,1-4H3,(H,43,44)(H,45,53)(H,46,54)(H,47,57)(H,48,56)(H,49,55)/t32-,33-,34-,35-,36-/m0/s1. The first-order valence-corrected chi connectivity index (χ1v) is 21.3. The number of nitrogens with two attached hydrogens (primary N) is 1. The lowest BCUT2D eigenvalue weighted by molar-refractivity contribution is -0.136. The number of hydrogen-bond donors (Lipinski definition) is 9. The van der Waals surface area contributed by atoms with E-state index in [1.165, 1.54) is 77.2 Å². The number of Topliss-reactive ketones (excluding diaryl/α,β-unsaturated/α-hetero) is 1. The van der Waals surface area contributed by atoms with E-state index < -0.39 is 72.8 Å². The summed E-state index contributed by atoms with van der Waals surface area (Å²) in [4.78, 5) is 85.2. The Morgan fingerprint density at radius 1 is 0.649 bits per heavy atom. The first-order valence-electron chi connectivity index (χ1n) is 21.3. The summed E-state index contributed by atoms with van der Waals surface area (Å²) < 4.78 is 0. The highest BCUT2D eigenvalue weighted by molar-refractivity contribution is 5.96. The molecule has 0 aromatic carbocycles. The monoisotopic (exact) mass is 807 g/mol. The molecule has 1 heterocycles. The van der Waals surface area contributed by atoms with Gasteiger partial charge in [0.1, 0.15) is 30.2 Å². The third-order valence-electron chi connectivity index (χ3n) is 9.86. The maximum absolute atomic E-state index is 13.6. The van der Waals surface area contributed by atoms with Gasteiger partial charge in [0.25, 0.3) is 0 Å². The maximum Gasteiger partial charge on any atom is 0.245 e. The second kappa shape index (κ2) is 31.1. The van der Waals surface area contributed by atoms with E-state index >= 15 is 0 Å². The summed E-state index contributed by atoms with van der Waals surface area (Å²) in [6.07, 6.45) is 20.3. The van der Waals surface area contributed by atoms with Crippen molar-refractivity contribution in [2.24, 2.45) is 11.7 Å². The molecule has 0 aliphatic carbocycles. The fourth-order valence-corrected chi connectivity index (χ4v) is 6.42. The second-order valence-electron chi connectivity index (χ2n) is 15.5. The lowest BCUT2D eigenvalue weighted by Gasteiger charge is -2.27. The number of aromatic nitrogens is 2. The van der Waals surface area contributed by atoms with Crippen molar-refractivity contribution in [3.63, 3.8) is 0 Å². The van der Waals surface area contributed by atoms with Gasteiger partial charge in [0.05, 0.1) is 19.5 Å². The third-order valence-corrected chi connectivity index (χ3v) is 9.86. The smallest absolute Gasteiger partial charge is 0.245 e. The van der Waals surface area contributed by atoms with Crippen LogP contribution in [0.4, 0.5) is 0 Å². The third kappa shape index (κ3) is 23.2. The molecule has 326 valence electrons. The molecule has 57 heavy (non-hydrogen) atoms. The SMILES string of the molecule is CCCCCCCCCCCCCCCC(=O)N[C@@H](CCCCN)C(=O)N[C@@H](CC(C)C)C(=O)N[C@@H](CO)C(=O)N[C@@H](Cc1cnc[nH]1)C(=O)N[C@@H](CO)C(C)=O. The first-order chi connectivity index (χ1) is 27.4. The number of aromatic amines is 1. The van der Waals surface area contributed by atoms with Gasteiger partial charge in [-0.25, -0.2) is 4.98 Å². The lowest BCUT2D eigenvalue weighted by Crippen LogP contribution is -2.60. The predicted octanol–water partition coefficient (Wildman–Crippen LogP) is 2.61. The Morgan fingerprint density at radius 3 is 1.65 bits per heavy atom. The minimum absolute atomic E-state index is 0.0634. The summed E-state index contributed by atoms with van der Waals surface area (Å²) >= 11 is 0. The summed E-state index contributed by atoms with van der Waals surface area (Å²) in [5.41, 5.74) is 6.16. The van der Waals surface area contributed by atoms with Crippen LogP contribution in [0.15, 0.2) is 12.5 Å². The van der Waals surface area contributed by atoms with Crippen LogP contribution < -0.4 is 32.3 Å². The van der Waals surface area contributed by atoms with Gasteiger partial charge in [-0.2, -0.15) is 0 Å². The number of aliphatic hydroxyl groups excluding tert-OH is 2. The van der Waals surface area contributed by atoms with Crippen molar-refractivity contribution < 1.29 is 39.0 Å². The number of rotatable bonds is 34. The topological polar surface area (TPSA) is 258 Å². The molecule has 0 radical (unpaired) electrons. The van der Waals surface area contributed by atoms with Gasteiger partial charge in [0.2, 0.25) is 29.5 Å². The Hall–Kier alpha value is -3.89. The van der Waals surface area contributed by atoms with E-state index in [1.807, 2.05) is 13.8 Å². The number of amides is 5. The molecule has 16 nitrogen and oxygen atoms in total. The summed E-state index contributed by atoms with van der Waals surface area (Å²) in [6, 6.07) is -6.00. The number of hydrogen-bond acceptors (Lipinski definition) is 10.